The molecule has 0 spiro atoms. The molecule has 1 N–H and O–H groups in total. The number of amides is 1. The third kappa shape index (κ3) is 3.53. The molecule has 3 aromatic rings. The lowest BCUT2D eigenvalue weighted by molar-refractivity contribution is -0.122. The minimum absolute atomic E-state index is 0.243. The van der Waals surface area contributed by atoms with Crippen molar-refractivity contribution in [3.8, 4) is 11.8 Å². The lowest BCUT2D eigenvalue weighted by atomic mass is 10.1. The Morgan fingerprint density at radius 3 is 2.62 bits per heavy atom. The first-order valence-corrected chi connectivity index (χ1v) is 7.62. The van der Waals surface area contributed by atoms with Crippen molar-refractivity contribution in [1.82, 2.24) is 0 Å². The van der Waals surface area contributed by atoms with Gasteiger partial charge in [0.05, 0.1) is 11.6 Å². The fourth-order valence-electron chi connectivity index (χ4n) is 2.41. The summed E-state index contributed by atoms with van der Waals surface area (Å²) in [7, 11) is 0. The fraction of sp³-hybridized carbons (Fsp3) is 0.100. The number of hydrogen-bond acceptors (Lipinski definition) is 3. The molecule has 24 heavy (non-hydrogen) atoms. The zero-order valence-electron chi connectivity index (χ0n) is 13.2. The normalized spacial score (nSPS) is 11.5. The van der Waals surface area contributed by atoms with Crippen molar-refractivity contribution in [3.63, 3.8) is 0 Å². The predicted octanol–water partition coefficient (Wildman–Crippen LogP) is 4.12. The van der Waals surface area contributed by atoms with Gasteiger partial charge in [0.1, 0.15) is 5.75 Å². The Morgan fingerprint density at radius 1 is 1.04 bits per heavy atom. The van der Waals surface area contributed by atoms with E-state index in [1.807, 2.05) is 48.5 Å². The van der Waals surface area contributed by atoms with Crippen LogP contribution in [0, 0.1) is 11.3 Å². The number of carbonyl (C=O) groups excluding carboxylic acids is 1. The van der Waals surface area contributed by atoms with E-state index in [1.54, 1.807) is 31.2 Å². The Labute approximate surface area is 140 Å². The van der Waals surface area contributed by atoms with Gasteiger partial charge in [0, 0.05) is 5.69 Å². The number of anilines is 1. The van der Waals surface area contributed by atoms with E-state index < -0.39 is 6.10 Å². The van der Waals surface area contributed by atoms with E-state index >= 15 is 0 Å². The molecule has 0 radical (unpaired) electrons. The van der Waals surface area contributed by atoms with Crippen molar-refractivity contribution < 1.29 is 9.53 Å². The topological polar surface area (TPSA) is 62.1 Å². The average Bonchev–Trinajstić information content (AvgIpc) is 2.61. The largest absolute Gasteiger partial charge is 0.481 e. The van der Waals surface area contributed by atoms with Crippen LogP contribution < -0.4 is 10.1 Å². The summed E-state index contributed by atoms with van der Waals surface area (Å²) in [5.74, 6) is 0.253. The molecule has 0 saturated carbocycles. The second-order valence-electron chi connectivity index (χ2n) is 5.45. The van der Waals surface area contributed by atoms with Gasteiger partial charge in [-0.25, -0.2) is 0 Å². The van der Waals surface area contributed by atoms with Crippen molar-refractivity contribution in [1.29, 1.82) is 5.26 Å². The second-order valence-corrected chi connectivity index (χ2v) is 5.45. The van der Waals surface area contributed by atoms with Crippen molar-refractivity contribution in [3.05, 3.63) is 72.3 Å². The molecule has 0 fully saturated rings. The van der Waals surface area contributed by atoms with Crippen molar-refractivity contribution in [2.24, 2.45) is 0 Å². The Kier molecular flexibility index (Phi) is 4.44. The SMILES string of the molecule is CC(Oc1cccc(C#N)c1)C(=O)Nc1ccc2ccccc2c1. The van der Waals surface area contributed by atoms with E-state index in [4.69, 9.17) is 10.00 Å². The highest BCUT2D eigenvalue weighted by Gasteiger charge is 2.15. The summed E-state index contributed by atoms with van der Waals surface area (Å²) < 4.78 is 5.62. The summed E-state index contributed by atoms with van der Waals surface area (Å²) >= 11 is 0. The molecular weight excluding hydrogens is 300 g/mol. The first-order chi connectivity index (χ1) is 11.7. The number of ether oxygens (including phenoxy) is 1. The number of fused-ring (bicyclic) bond motifs is 1. The van der Waals surface area contributed by atoms with Gasteiger partial charge in [-0.2, -0.15) is 5.26 Å². The maximum Gasteiger partial charge on any atom is 0.265 e. The van der Waals surface area contributed by atoms with Gasteiger partial charge < -0.3 is 10.1 Å². The van der Waals surface area contributed by atoms with Gasteiger partial charge in [0.2, 0.25) is 0 Å². The van der Waals surface area contributed by atoms with Crippen LogP contribution in [0.3, 0.4) is 0 Å². The Morgan fingerprint density at radius 2 is 1.83 bits per heavy atom. The van der Waals surface area contributed by atoms with Gasteiger partial charge in [0.15, 0.2) is 6.10 Å². The minimum atomic E-state index is -0.676. The van der Waals surface area contributed by atoms with Crippen LogP contribution in [0.4, 0.5) is 5.69 Å². The zero-order chi connectivity index (χ0) is 16.9. The maximum atomic E-state index is 12.3. The predicted molar refractivity (Wildman–Crippen MR) is 93.8 cm³/mol. The molecule has 0 aromatic heterocycles. The first kappa shape index (κ1) is 15.6. The fourth-order valence-corrected chi connectivity index (χ4v) is 2.41. The van der Waals surface area contributed by atoms with Crippen molar-refractivity contribution >= 4 is 22.4 Å². The van der Waals surface area contributed by atoms with Gasteiger partial charge in [-0.15, -0.1) is 0 Å². The molecule has 4 nitrogen and oxygen atoms in total. The van der Waals surface area contributed by atoms with Crippen LogP contribution in [-0.4, -0.2) is 12.0 Å². The highest BCUT2D eigenvalue weighted by Crippen LogP contribution is 2.20. The van der Waals surface area contributed by atoms with Gasteiger partial charge in [0.25, 0.3) is 5.91 Å². The molecule has 0 saturated heterocycles. The smallest absolute Gasteiger partial charge is 0.265 e. The molecule has 0 aliphatic rings. The number of nitriles is 1. The van der Waals surface area contributed by atoms with Gasteiger partial charge in [-0.05, 0) is 48.0 Å². The van der Waals surface area contributed by atoms with Crippen LogP contribution >= 0.6 is 0 Å². The summed E-state index contributed by atoms with van der Waals surface area (Å²) in [6.07, 6.45) is -0.676. The molecule has 0 aliphatic carbocycles. The molecule has 1 unspecified atom stereocenters. The minimum Gasteiger partial charge on any atom is -0.481 e. The van der Waals surface area contributed by atoms with Crippen LogP contribution in [0.1, 0.15) is 12.5 Å². The third-order valence-electron chi connectivity index (χ3n) is 3.66. The molecule has 0 aliphatic heterocycles. The summed E-state index contributed by atoms with van der Waals surface area (Å²) in [5.41, 5.74) is 1.22. The lowest BCUT2D eigenvalue weighted by Crippen LogP contribution is -2.30. The van der Waals surface area contributed by atoms with Gasteiger partial charge >= 0.3 is 0 Å². The number of rotatable bonds is 4. The number of nitrogens with one attached hydrogen (secondary N) is 1. The summed E-state index contributed by atoms with van der Waals surface area (Å²) in [6, 6.07) is 22.5. The Balaban J connectivity index is 1.69. The van der Waals surface area contributed by atoms with Gasteiger partial charge in [-0.3, -0.25) is 4.79 Å². The van der Waals surface area contributed by atoms with E-state index in [1.165, 1.54) is 0 Å². The van der Waals surface area contributed by atoms with Crippen LogP contribution in [0.5, 0.6) is 5.75 Å². The van der Waals surface area contributed by atoms with E-state index in [0.717, 1.165) is 16.5 Å². The van der Waals surface area contributed by atoms with Crippen molar-refractivity contribution in [2.45, 2.75) is 13.0 Å². The summed E-state index contributed by atoms with van der Waals surface area (Å²) in [4.78, 5) is 12.3. The van der Waals surface area contributed by atoms with E-state index in [-0.39, 0.29) is 5.91 Å². The van der Waals surface area contributed by atoms with Crippen LogP contribution in [0.25, 0.3) is 10.8 Å². The zero-order valence-corrected chi connectivity index (χ0v) is 13.2. The number of benzene rings is 3. The highest BCUT2D eigenvalue weighted by molar-refractivity contribution is 5.96. The molecule has 3 rings (SSSR count). The summed E-state index contributed by atoms with van der Waals surface area (Å²) in [6.45, 7) is 1.68. The molecule has 118 valence electrons. The number of nitrogens with zero attached hydrogens (tertiary/aromatic N) is 1. The Hall–Kier alpha value is -3.32. The molecule has 4 heteroatoms. The van der Waals surface area contributed by atoms with Crippen LogP contribution in [0.15, 0.2) is 66.7 Å². The Bertz CT molecular complexity index is 928. The molecule has 0 bridgehead atoms. The van der Waals surface area contributed by atoms with E-state index in [9.17, 15) is 4.79 Å². The molecule has 3 aromatic carbocycles. The maximum absolute atomic E-state index is 12.3. The van der Waals surface area contributed by atoms with E-state index in [0.29, 0.717) is 11.3 Å². The monoisotopic (exact) mass is 316 g/mol. The highest BCUT2D eigenvalue weighted by atomic mass is 16.5. The van der Waals surface area contributed by atoms with E-state index in [2.05, 4.69) is 5.32 Å². The molecule has 1 amide bonds. The van der Waals surface area contributed by atoms with Crippen molar-refractivity contribution in [2.75, 3.05) is 5.32 Å². The second kappa shape index (κ2) is 6.84. The number of carbonyl (C=O) groups is 1. The third-order valence-corrected chi connectivity index (χ3v) is 3.66. The quantitative estimate of drug-likeness (QED) is 0.787. The average molecular weight is 316 g/mol. The van der Waals surface area contributed by atoms with Crippen LogP contribution in [-0.2, 0) is 4.79 Å². The summed E-state index contributed by atoms with van der Waals surface area (Å²) in [5, 5.41) is 13.9. The molecular formula is C20H16N2O2. The standard InChI is InChI=1S/C20H16N2O2/c1-14(24-19-8-4-5-15(11-19)13-21)20(23)22-18-10-9-16-6-2-3-7-17(16)12-18/h2-12,14H,1H3,(H,22,23). The van der Waals surface area contributed by atoms with Crippen LogP contribution in [0.2, 0.25) is 0 Å². The number of hydrogen-bond donors (Lipinski definition) is 1. The van der Waals surface area contributed by atoms with Gasteiger partial charge in [-0.1, -0.05) is 36.4 Å². The molecule has 0 heterocycles. The molecule has 1 atom stereocenters. The first-order valence-electron chi connectivity index (χ1n) is 7.62. The lowest BCUT2D eigenvalue weighted by Gasteiger charge is -2.15.